The maximum absolute atomic E-state index is 4.87. The van der Waals surface area contributed by atoms with Crippen molar-refractivity contribution in [2.24, 2.45) is 0 Å². The number of benzene rings is 1. The SMILES string of the molecule is Cc1ccc(-c2[c]occ2)cc1. The Morgan fingerprint density at radius 2 is 1.83 bits per heavy atom. The zero-order valence-corrected chi connectivity index (χ0v) is 6.87. The molecule has 0 aliphatic carbocycles. The van der Waals surface area contributed by atoms with Crippen molar-refractivity contribution < 1.29 is 4.42 Å². The highest BCUT2D eigenvalue weighted by Gasteiger charge is 1.97. The van der Waals surface area contributed by atoms with Crippen molar-refractivity contribution in [2.45, 2.75) is 6.92 Å². The minimum Gasteiger partial charge on any atom is -0.460 e. The van der Waals surface area contributed by atoms with Gasteiger partial charge >= 0.3 is 0 Å². The van der Waals surface area contributed by atoms with Crippen molar-refractivity contribution in [2.75, 3.05) is 0 Å². The Morgan fingerprint density at radius 1 is 1.08 bits per heavy atom. The van der Waals surface area contributed by atoms with E-state index in [1.807, 2.05) is 6.07 Å². The molecule has 2 rings (SSSR count). The monoisotopic (exact) mass is 157 g/mol. The van der Waals surface area contributed by atoms with Crippen LogP contribution in [0.15, 0.2) is 41.0 Å². The van der Waals surface area contributed by atoms with Crippen LogP contribution in [0.4, 0.5) is 0 Å². The lowest BCUT2D eigenvalue weighted by atomic mass is 10.1. The maximum Gasteiger partial charge on any atom is 0.177 e. The quantitative estimate of drug-likeness (QED) is 0.620. The van der Waals surface area contributed by atoms with Crippen molar-refractivity contribution in [1.82, 2.24) is 0 Å². The molecule has 0 saturated carbocycles. The Balaban J connectivity index is 2.43. The first-order valence-corrected chi connectivity index (χ1v) is 3.88. The van der Waals surface area contributed by atoms with Crippen LogP contribution in [-0.4, -0.2) is 0 Å². The normalized spacial score (nSPS) is 10.1. The zero-order valence-electron chi connectivity index (χ0n) is 6.87. The summed E-state index contributed by atoms with van der Waals surface area (Å²) >= 11 is 0. The summed E-state index contributed by atoms with van der Waals surface area (Å²) in [6.07, 6.45) is 4.43. The molecule has 59 valence electrons. The topological polar surface area (TPSA) is 13.1 Å². The predicted octanol–water partition coefficient (Wildman–Crippen LogP) is 3.06. The molecule has 0 aliphatic rings. The lowest BCUT2D eigenvalue weighted by Crippen LogP contribution is -1.74. The van der Waals surface area contributed by atoms with Crippen LogP contribution in [0.1, 0.15) is 5.56 Å². The van der Waals surface area contributed by atoms with Gasteiger partial charge in [-0.2, -0.15) is 0 Å². The second kappa shape index (κ2) is 2.86. The third-order valence-electron chi connectivity index (χ3n) is 1.83. The Labute approximate surface area is 71.6 Å². The van der Waals surface area contributed by atoms with Gasteiger partial charge < -0.3 is 4.42 Å². The smallest absolute Gasteiger partial charge is 0.177 e. The molecule has 0 fully saturated rings. The first-order chi connectivity index (χ1) is 5.86. The molecule has 1 aromatic carbocycles. The number of hydrogen-bond donors (Lipinski definition) is 0. The van der Waals surface area contributed by atoms with Gasteiger partial charge in [0.05, 0.1) is 6.26 Å². The second-order valence-electron chi connectivity index (χ2n) is 2.80. The van der Waals surface area contributed by atoms with E-state index in [1.165, 1.54) is 5.56 Å². The maximum atomic E-state index is 4.87. The van der Waals surface area contributed by atoms with Crippen LogP contribution in [-0.2, 0) is 0 Å². The first kappa shape index (κ1) is 7.17. The molecule has 1 heterocycles. The van der Waals surface area contributed by atoms with E-state index < -0.39 is 0 Å². The number of furan rings is 1. The predicted molar refractivity (Wildman–Crippen MR) is 47.7 cm³/mol. The van der Waals surface area contributed by atoms with Crippen molar-refractivity contribution in [3.05, 3.63) is 48.4 Å². The molecule has 0 N–H and O–H groups in total. The standard InChI is InChI=1S/C11H9O/c1-9-2-4-10(5-3-9)11-6-7-12-8-11/h2-7H,1H3. The summed E-state index contributed by atoms with van der Waals surface area (Å²) in [4.78, 5) is 0. The van der Waals surface area contributed by atoms with Gasteiger partial charge in [-0.3, -0.25) is 0 Å². The lowest BCUT2D eigenvalue weighted by Gasteiger charge is -1.95. The molecule has 0 atom stereocenters. The van der Waals surface area contributed by atoms with Crippen LogP contribution in [0, 0.1) is 13.2 Å². The van der Waals surface area contributed by atoms with Gasteiger partial charge in [-0.25, -0.2) is 0 Å². The number of hydrogen-bond acceptors (Lipinski definition) is 1. The van der Waals surface area contributed by atoms with Gasteiger partial charge in [0, 0.05) is 5.56 Å². The van der Waals surface area contributed by atoms with Crippen LogP contribution >= 0.6 is 0 Å². The minimum atomic E-state index is 1.01. The summed E-state index contributed by atoms with van der Waals surface area (Å²) in [5.41, 5.74) is 3.42. The summed E-state index contributed by atoms with van der Waals surface area (Å²) in [6.45, 7) is 2.07. The second-order valence-corrected chi connectivity index (χ2v) is 2.80. The van der Waals surface area contributed by atoms with Gasteiger partial charge in [-0.1, -0.05) is 29.8 Å². The van der Waals surface area contributed by atoms with Crippen LogP contribution in [0.3, 0.4) is 0 Å². The molecule has 1 aromatic heterocycles. The van der Waals surface area contributed by atoms with Gasteiger partial charge in [-0.05, 0) is 18.6 Å². The summed E-state index contributed by atoms with van der Waals surface area (Å²) in [6, 6.07) is 10.2. The molecule has 12 heavy (non-hydrogen) atoms. The average Bonchev–Trinajstić information content (AvgIpc) is 2.58. The van der Waals surface area contributed by atoms with E-state index in [-0.39, 0.29) is 0 Å². The molecule has 2 aromatic rings. The Kier molecular flexibility index (Phi) is 1.71. The molecule has 1 radical (unpaired) electrons. The summed E-state index contributed by atoms with van der Waals surface area (Å²) in [7, 11) is 0. The lowest BCUT2D eigenvalue weighted by molar-refractivity contribution is 0.559. The van der Waals surface area contributed by atoms with E-state index >= 15 is 0 Å². The van der Waals surface area contributed by atoms with E-state index in [1.54, 1.807) is 6.26 Å². The number of rotatable bonds is 1. The van der Waals surface area contributed by atoms with Gasteiger partial charge in [0.25, 0.3) is 0 Å². The van der Waals surface area contributed by atoms with Crippen LogP contribution < -0.4 is 0 Å². The number of aryl methyl sites for hydroxylation is 1. The fourth-order valence-corrected chi connectivity index (χ4v) is 1.12. The van der Waals surface area contributed by atoms with E-state index in [4.69, 9.17) is 4.42 Å². The zero-order chi connectivity index (χ0) is 8.39. The van der Waals surface area contributed by atoms with Crippen LogP contribution in [0.5, 0.6) is 0 Å². The minimum absolute atomic E-state index is 1.01. The molecule has 0 saturated heterocycles. The molecular weight excluding hydrogens is 148 g/mol. The van der Waals surface area contributed by atoms with Gasteiger partial charge in [0.15, 0.2) is 6.26 Å². The highest BCUT2D eigenvalue weighted by Crippen LogP contribution is 2.18. The van der Waals surface area contributed by atoms with Crippen molar-refractivity contribution in [3.8, 4) is 11.1 Å². The highest BCUT2D eigenvalue weighted by molar-refractivity contribution is 5.61. The van der Waals surface area contributed by atoms with Crippen molar-refractivity contribution in [1.29, 1.82) is 0 Å². The van der Waals surface area contributed by atoms with E-state index in [0.717, 1.165) is 11.1 Å². The first-order valence-electron chi connectivity index (χ1n) is 3.88. The van der Waals surface area contributed by atoms with Crippen LogP contribution in [0.2, 0.25) is 0 Å². The van der Waals surface area contributed by atoms with Gasteiger partial charge in [0.2, 0.25) is 0 Å². The molecule has 0 aliphatic heterocycles. The fraction of sp³-hybridized carbons (Fsp3) is 0.0909. The fourth-order valence-electron chi connectivity index (χ4n) is 1.12. The summed E-state index contributed by atoms with van der Waals surface area (Å²) < 4.78 is 4.87. The molecule has 0 amide bonds. The molecule has 0 spiro atoms. The van der Waals surface area contributed by atoms with Crippen molar-refractivity contribution >= 4 is 0 Å². The highest BCUT2D eigenvalue weighted by atomic mass is 16.3. The molecule has 0 bridgehead atoms. The average molecular weight is 157 g/mol. The Morgan fingerprint density at radius 3 is 2.42 bits per heavy atom. The van der Waals surface area contributed by atoms with Gasteiger partial charge in [0.1, 0.15) is 0 Å². The molecule has 1 nitrogen and oxygen atoms in total. The Hall–Kier alpha value is -1.50. The molecule has 1 heteroatoms. The van der Waals surface area contributed by atoms with Gasteiger partial charge in [-0.15, -0.1) is 0 Å². The summed E-state index contributed by atoms with van der Waals surface area (Å²) in [5, 5.41) is 0. The van der Waals surface area contributed by atoms with E-state index in [2.05, 4.69) is 37.5 Å². The van der Waals surface area contributed by atoms with E-state index in [0.29, 0.717) is 0 Å². The van der Waals surface area contributed by atoms with E-state index in [9.17, 15) is 0 Å². The molecular formula is C11H9O. The Bertz CT molecular complexity index is 343. The summed E-state index contributed by atoms with van der Waals surface area (Å²) in [5.74, 6) is 0. The largest absolute Gasteiger partial charge is 0.460 e. The third kappa shape index (κ3) is 1.26. The third-order valence-corrected chi connectivity index (χ3v) is 1.83. The van der Waals surface area contributed by atoms with Crippen LogP contribution in [0.25, 0.3) is 11.1 Å². The molecule has 0 unspecified atom stereocenters. The van der Waals surface area contributed by atoms with Crippen molar-refractivity contribution in [3.63, 3.8) is 0 Å².